The minimum absolute atomic E-state index is 0.810. The molecule has 4 heteroatoms. The zero-order valence-corrected chi connectivity index (χ0v) is 13.1. The Morgan fingerprint density at radius 3 is 2.90 bits per heavy atom. The lowest BCUT2D eigenvalue weighted by Gasteiger charge is -2.04. The molecule has 0 radical (unpaired) electrons. The Bertz CT molecular complexity index is 621. The molecule has 2 heterocycles. The van der Waals surface area contributed by atoms with Gasteiger partial charge in [-0.25, -0.2) is 9.97 Å². The van der Waals surface area contributed by atoms with Crippen molar-refractivity contribution >= 4 is 27.4 Å². The Morgan fingerprint density at radius 1 is 1.25 bits per heavy atom. The van der Waals surface area contributed by atoms with Gasteiger partial charge < -0.3 is 5.32 Å². The molecule has 0 bridgehead atoms. The molecule has 0 fully saturated rings. The molecule has 0 aliphatic carbocycles. The number of anilines is 1. The van der Waals surface area contributed by atoms with Crippen molar-refractivity contribution in [3.8, 4) is 0 Å². The van der Waals surface area contributed by atoms with Crippen LogP contribution in [-0.2, 0) is 0 Å². The van der Waals surface area contributed by atoms with Gasteiger partial charge in [0.15, 0.2) is 0 Å². The predicted molar refractivity (Wildman–Crippen MR) is 88.3 cm³/mol. The molecule has 106 valence electrons. The molecule has 0 spiro atoms. The van der Waals surface area contributed by atoms with E-state index in [9.17, 15) is 0 Å². The van der Waals surface area contributed by atoms with Gasteiger partial charge in [-0.2, -0.15) is 0 Å². The molecule has 0 saturated heterocycles. The van der Waals surface area contributed by atoms with Gasteiger partial charge >= 0.3 is 0 Å². The third-order valence-corrected chi connectivity index (χ3v) is 3.96. The topological polar surface area (TPSA) is 37.8 Å². The van der Waals surface area contributed by atoms with E-state index in [1.807, 2.05) is 11.4 Å². The summed E-state index contributed by atoms with van der Waals surface area (Å²) in [6, 6.07) is 2.02. The number of aromatic nitrogens is 2. The molecule has 0 unspecified atom stereocenters. The summed E-state index contributed by atoms with van der Waals surface area (Å²) in [6.07, 6.45) is 8.37. The summed E-state index contributed by atoms with van der Waals surface area (Å²) in [5.41, 5.74) is 3.81. The molecule has 2 aromatic rings. The number of rotatable bonds is 6. The minimum atomic E-state index is 0.810. The van der Waals surface area contributed by atoms with Crippen LogP contribution in [0.1, 0.15) is 33.6 Å². The maximum absolute atomic E-state index is 4.31. The van der Waals surface area contributed by atoms with Gasteiger partial charge in [-0.3, -0.25) is 0 Å². The fourth-order valence-electron chi connectivity index (χ4n) is 1.93. The standard InChI is InChI=1S/C16H21N3S/c1-12(2)5-4-6-13(3)7-9-17-16-15-14(8-10-20-15)18-11-19-16/h5,7-8,10-11H,4,6,9H2,1-3H3,(H,17,18,19)/b13-7+. The number of thiophene rings is 1. The highest BCUT2D eigenvalue weighted by Crippen LogP contribution is 2.24. The smallest absolute Gasteiger partial charge is 0.147 e. The van der Waals surface area contributed by atoms with E-state index in [0.717, 1.165) is 35.4 Å². The predicted octanol–water partition coefficient (Wildman–Crippen LogP) is 4.80. The van der Waals surface area contributed by atoms with Crippen molar-refractivity contribution in [2.75, 3.05) is 11.9 Å². The number of hydrogen-bond acceptors (Lipinski definition) is 4. The molecule has 20 heavy (non-hydrogen) atoms. The summed E-state index contributed by atoms with van der Waals surface area (Å²) >= 11 is 1.67. The fourth-order valence-corrected chi connectivity index (χ4v) is 2.74. The van der Waals surface area contributed by atoms with Gasteiger partial charge in [-0.15, -0.1) is 11.3 Å². The summed E-state index contributed by atoms with van der Waals surface area (Å²) in [5, 5.41) is 5.42. The number of allylic oxidation sites excluding steroid dienone is 3. The van der Waals surface area contributed by atoms with Crippen LogP contribution in [0.2, 0.25) is 0 Å². The Balaban J connectivity index is 1.89. The zero-order chi connectivity index (χ0) is 14.4. The van der Waals surface area contributed by atoms with Crippen molar-refractivity contribution in [1.82, 2.24) is 9.97 Å². The summed E-state index contributed by atoms with van der Waals surface area (Å²) in [7, 11) is 0. The molecule has 0 aromatic carbocycles. The van der Waals surface area contributed by atoms with Crippen LogP contribution in [0, 0.1) is 0 Å². The molecule has 1 N–H and O–H groups in total. The second-order valence-corrected chi connectivity index (χ2v) is 6.02. The normalized spacial score (nSPS) is 11.7. The molecule has 2 rings (SSSR count). The molecule has 3 nitrogen and oxygen atoms in total. The molecule has 0 atom stereocenters. The monoisotopic (exact) mass is 287 g/mol. The van der Waals surface area contributed by atoms with Crippen molar-refractivity contribution < 1.29 is 0 Å². The number of nitrogens with zero attached hydrogens (tertiary/aromatic N) is 2. The van der Waals surface area contributed by atoms with Crippen LogP contribution in [-0.4, -0.2) is 16.5 Å². The van der Waals surface area contributed by atoms with Crippen LogP contribution in [0.4, 0.5) is 5.82 Å². The Labute approximate surface area is 124 Å². The quantitative estimate of drug-likeness (QED) is 0.776. The molecular formula is C16H21N3S. The van der Waals surface area contributed by atoms with E-state index >= 15 is 0 Å². The van der Waals surface area contributed by atoms with Crippen LogP contribution < -0.4 is 5.32 Å². The summed E-state index contributed by atoms with van der Waals surface area (Å²) in [4.78, 5) is 8.55. The SMILES string of the molecule is CC(C)=CCC/C(C)=C/CNc1ncnc2ccsc12. The third-order valence-electron chi connectivity index (χ3n) is 3.05. The summed E-state index contributed by atoms with van der Waals surface area (Å²) < 4.78 is 1.13. The lowest BCUT2D eigenvalue weighted by molar-refractivity contribution is 0.959. The average molecular weight is 287 g/mol. The molecule has 0 aliphatic heterocycles. The van der Waals surface area contributed by atoms with E-state index in [-0.39, 0.29) is 0 Å². The molecule has 2 aromatic heterocycles. The molecule has 0 aliphatic rings. The highest BCUT2D eigenvalue weighted by molar-refractivity contribution is 7.17. The van der Waals surface area contributed by atoms with Crippen LogP contribution in [0.15, 0.2) is 41.1 Å². The maximum Gasteiger partial charge on any atom is 0.147 e. The van der Waals surface area contributed by atoms with Gasteiger partial charge in [0, 0.05) is 6.54 Å². The van der Waals surface area contributed by atoms with Gasteiger partial charge in [0.05, 0.1) is 10.2 Å². The van der Waals surface area contributed by atoms with Crippen LogP contribution in [0.3, 0.4) is 0 Å². The number of hydrogen-bond donors (Lipinski definition) is 1. The van der Waals surface area contributed by atoms with Crippen LogP contribution in [0.25, 0.3) is 10.2 Å². The first kappa shape index (κ1) is 14.7. The van der Waals surface area contributed by atoms with Crippen molar-refractivity contribution in [3.63, 3.8) is 0 Å². The lowest BCUT2D eigenvalue weighted by atomic mass is 10.1. The number of nitrogens with one attached hydrogen (secondary N) is 1. The molecular weight excluding hydrogens is 266 g/mol. The van der Waals surface area contributed by atoms with E-state index < -0.39 is 0 Å². The van der Waals surface area contributed by atoms with Gasteiger partial charge in [-0.1, -0.05) is 23.3 Å². The van der Waals surface area contributed by atoms with Gasteiger partial charge in [0.25, 0.3) is 0 Å². The molecule has 0 amide bonds. The van der Waals surface area contributed by atoms with Crippen molar-refractivity contribution in [2.24, 2.45) is 0 Å². The Morgan fingerprint density at radius 2 is 2.10 bits per heavy atom. The summed E-state index contributed by atoms with van der Waals surface area (Å²) in [5.74, 6) is 0.929. The summed E-state index contributed by atoms with van der Waals surface area (Å²) in [6.45, 7) is 7.27. The highest BCUT2D eigenvalue weighted by atomic mass is 32.1. The third kappa shape index (κ3) is 4.17. The zero-order valence-electron chi connectivity index (χ0n) is 12.3. The maximum atomic E-state index is 4.31. The van der Waals surface area contributed by atoms with Crippen molar-refractivity contribution in [1.29, 1.82) is 0 Å². The van der Waals surface area contributed by atoms with E-state index in [1.165, 1.54) is 11.1 Å². The van der Waals surface area contributed by atoms with Gasteiger partial charge in [0.1, 0.15) is 12.1 Å². The first-order valence-corrected chi connectivity index (χ1v) is 7.76. The average Bonchev–Trinajstić information content (AvgIpc) is 2.87. The van der Waals surface area contributed by atoms with E-state index in [2.05, 4.69) is 48.2 Å². The molecule has 0 saturated carbocycles. The number of fused-ring (bicyclic) bond motifs is 1. The lowest BCUT2D eigenvalue weighted by Crippen LogP contribution is -2.01. The minimum Gasteiger partial charge on any atom is -0.365 e. The van der Waals surface area contributed by atoms with Crippen molar-refractivity contribution in [2.45, 2.75) is 33.6 Å². The first-order valence-electron chi connectivity index (χ1n) is 6.88. The Kier molecular flexibility index (Phi) is 5.30. The van der Waals surface area contributed by atoms with Crippen molar-refractivity contribution in [3.05, 3.63) is 41.1 Å². The highest BCUT2D eigenvalue weighted by Gasteiger charge is 2.02. The Hall–Kier alpha value is -1.68. The van der Waals surface area contributed by atoms with E-state index in [1.54, 1.807) is 17.7 Å². The second kappa shape index (κ2) is 7.20. The van der Waals surface area contributed by atoms with Crippen LogP contribution in [0.5, 0.6) is 0 Å². The fraction of sp³-hybridized carbons (Fsp3) is 0.375. The largest absolute Gasteiger partial charge is 0.365 e. The van der Waals surface area contributed by atoms with E-state index in [4.69, 9.17) is 0 Å². The second-order valence-electron chi connectivity index (χ2n) is 5.11. The van der Waals surface area contributed by atoms with Gasteiger partial charge in [0.2, 0.25) is 0 Å². The van der Waals surface area contributed by atoms with Crippen LogP contribution >= 0.6 is 11.3 Å². The van der Waals surface area contributed by atoms with E-state index in [0.29, 0.717) is 0 Å². The first-order chi connectivity index (χ1) is 9.66. The van der Waals surface area contributed by atoms with Gasteiger partial charge in [-0.05, 0) is 45.1 Å².